The maximum atomic E-state index is 11.8. The highest BCUT2D eigenvalue weighted by atomic mass is 16.6. The lowest BCUT2D eigenvalue weighted by molar-refractivity contribution is 0.0982. The van der Waals surface area contributed by atoms with E-state index in [-0.39, 0.29) is 18.2 Å². The fourth-order valence-corrected chi connectivity index (χ4v) is 3.89. The molecule has 9 heteroatoms. The second kappa shape index (κ2) is 9.30. The summed E-state index contributed by atoms with van der Waals surface area (Å²) in [6.45, 7) is 4.28. The summed E-state index contributed by atoms with van der Waals surface area (Å²) >= 11 is 0. The topological polar surface area (TPSA) is 103 Å². The summed E-state index contributed by atoms with van der Waals surface area (Å²) in [5, 5.41) is 10.5. The normalized spacial score (nSPS) is 18.5. The molecule has 4 rings (SSSR count). The van der Waals surface area contributed by atoms with E-state index in [9.17, 15) is 4.79 Å². The number of ether oxygens (including phenoxy) is 2. The smallest absolute Gasteiger partial charge is 0.407 e. The van der Waals surface area contributed by atoms with Crippen LogP contribution < -0.4 is 10.6 Å². The van der Waals surface area contributed by atoms with Gasteiger partial charge in [0.05, 0.1) is 23.5 Å². The molecule has 164 valence electrons. The summed E-state index contributed by atoms with van der Waals surface area (Å²) in [6, 6.07) is 5.93. The van der Waals surface area contributed by atoms with Crippen molar-refractivity contribution >= 4 is 23.2 Å². The fourth-order valence-electron chi connectivity index (χ4n) is 3.89. The van der Waals surface area contributed by atoms with Crippen molar-refractivity contribution < 1.29 is 14.3 Å². The number of carbonyl (C=O) groups is 1. The third-order valence-corrected chi connectivity index (χ3v) is 5.30. The Labute approximate surface area is 181 Å². The largest absolute Gasteiger partial charge is 0.446 e. The molecule has 3 heterocycles. The first-order chi connectivity index (χ1) is 15.0. The maximum Gasteiger partial charge on any atom is 0.407 e. The standard InChI is InChI=1S/C22H28N6O3/c1-14(2)25-22(29)31-18-7-6-15(9-18)16-11-23-21(24-12-16)26-19-5-4-8-28-20(19)10-17(27-28)13-30-3/h4-5,8,10-12,14-15,18H,6-7,9,13H2,1-3H3,(H,25,29)(H,23,24,26)/t15-,18+/m1/s1. The molecule has 2 atom stereocenters. The molecular weight excluding hydrogens is 396 g/mol. The minimum absolute atomic E-state index is 0.0673. The minimum Gasteiger partial charge on any atom is -0.446 e. The highest BCUT2D eigenvalue weighted by Gasteiger charge is 2.29. The van der Waals surface area contributed by atoms with E-state index in [1.165, 1.54) is 0 Å². The van der Waals surface area contributed by atoms with Crippen molar-refractivity contribution in [2.45, 2.75) is 57.8 Å². The third kappa shape index (κ3) is 5.11. The Morgan fingerprint density at radius 3 is 2.84 bits per heavy atom. The van der Waals surface area contributed by atoms with Gasteiger partial charge in [-0.2, -0.15) is 5.10 Å². The monoisotopic (exact) mass is 424 g/mol. The van der Waals surface area contributed by atoms with Crippen LogP contribution in [0.3, 0.4) is 0 Å². The molecule has 0 bridgehead atoms. The van der Waals surface area contributed by atoms with Gasteiger partial charge in [0.15, 0.2) is 0 Å². The van der Waals surface area contributed by atoms with Gasteiger partial charge in [-0.3, -0.25) is 0 Å². The second-order valence-electron chi connectivity index (χ2n) is 8.12. The predicted octanol–water partition coefficient (Wildman–Crippen LogP) is 3.79. The lowest BCUT2D eigenvalue weighted by Gasteiger charge is -2.15. The Kier molecular flexibility index (Phi) is 6.31. The molecule has 1 fully saturated rings. The molecule has 0 unspecified atom stereocenters. The zero-order chi connectivity index (χ0) is 21.8. The first-order valence-electron chi connectivity index (χ1n) is 10.5. The number of methoxy groups -OCH3 is 1. The molecule has 3 aromatic rings. The molecule has 2 N–H and O–H groups in total. The molecule has 1 saturated carbocycles. The Hall–Kier alpha value is -3.20. The average molecular weight is 425 g/mol. The summed E-state index contributed by atoms with van der Waals surface area (Å²) in [7, 11) is 1.65. The Bertz CT molecular complexity index is 1030. The molecule has 3 aromatic heterocycles. The highest BCUT2D eigenvalue weighted by Crippen LogP contribution is 2.35. The fraction of sp³-hybridized carbons (Fsp3) is 0.455. The summed E-state index contributed by atoms with van der Waals surface area (Å²) in [5.41, 5.74) is 3.72. The van der Waals surface area contributed by atoms with Crippen molar-refractivity contribution in [1.29, 1.82) is 0 Å². The number of nitrogens with one attached hydrogen (secondary N) is 2. The Balaban J connectivity index is 1.39. The molecule has 0 aliphatic heterocycles. The van der Waals surface area contributed by atoms with Crippen LogP contribution in [-0.2, 0) is 16.1 Å². The maximum absolute atomic E-state index is 11.8. The number of rotatable bonds is 7. The van der Waals surface area contributed by atoms with E-state index in [1.807, 2.05) is 50.6 Å². The van der Waals surface area contributed by atoms with Gasteiger partial charge in [0.25, 0.3) is 0 Å². The van der Waals surface area contributed by atoms with E-state index in [2.05, 4.69) is 25.7 Å². The number of hydrogen-bond donors (Lipinski definition) is 2. The number of anilines is 2. The van der Waals surface area contributed by atoms with Crippen LogP contribution in [0, 0.1) is 0 Å². The van der Waals surface area contributed by atoms with Gasteiger partial charge in [0.2, 0.25) is 5.95 Å². The van der Waals surface area contributed by atoms with Crippen LogP contribution >= 0.6 is 0 Å². The first-order valence-corrected chi connectivity index (χ1v) is 10.5. The van der Waals surface area contributed by atoms with Gasteiger partial charge in [-0.1, -0.05) is 0 Å². The van der Waals surface area contributed by atoms with Crippen LogP contribution in [0.15, 0.2) is 36.8 Å². The van der Waals surface area contributed by atoms with Crippen LogP contribution in [0.25, 0.3) is 5.52 Å². The van der Waals surface area contributed by atoms with Crippen molar-refractivity contribution in [3.63, 3.8) is 0 Å². The van der Waals surface area contributed by atoms with Crippen LogP contribution in [0.4, 0.5) is 16.4 Å². The molecule has 31 heavy (non-hydrogen) atoms. The molecule has 9 nitrogen and oxygen atoms in total. The Morgan fingerprint density at radius 2 is 2.10 bits per heavy atom. The first kappa shape index (κ1) is 21.0. The highest BCUT2D eigenvalue weighted by molar-refractivity contribution is 5.75. The van der Waals surface area contributed by atoms with Gasteiger partial charge in [-0.25, -0.2) is 19.3 Å². The molecular formula is C22H28N6O3. The van der Waals surface area contributed by atoms with Crippen molar-refractivity contribution in [2.75, 3.05) is 12.4 Å². The van der Waals surface area contributed by atoms with Crippen molar-refractivity contribution in [1.82, 2.24) is 24.9 Å². The van der Waals surface area contributed by atoms with E-state index in [4.69, 9.17) is 9.47 Å². The quantitative estimate of drug-likeness (QED) is 0.595. The second-order valence-corrected chi connectivity index (χ2v) is 8.12. The third-order valence-electron chi connectivity index (χ3n) is 5.30. The average Bonchev–Trinajstić information content (AvgIpc) is 3.35. The Morgan fingerprint density at radius 1 is 1.29 bits per heavy atom. The number of carbonyl (C=O) groups excluding carboxylic acids is 1. The van der Waals surface area contributed by atoms with Gasteiger partial charge in [0.1, 0.15) is 6.10 Å². The SMILES string of the molecule is COCc1cc2c(Nc3ncc([C@@H]4CC[C@H](OC(=O)NC(C)C)C4)cn3)cccn2n1. The van der Waals surface area contributed by atoms with Gasteiger partial charge >= 0.3 is 6.09 Å². The van der Waals surface area contributed by atoms with E-state index in [0.29, 0.717) is 18.5 Å². The van der Waals surface area contributed by atoms with Crippen LogP contribution in [0.2, 0.25) is 0 Å². The van der Waals surface area contributed by atoms with Crippen LogP contribution in [0.5, 0.6) is 0 Å². The zero-order valence-corrected chi connectivity index (χ0v) is 18.0. The molecule has 1 aliphatic rings. The van der Waals surface area contributed by atoms with Gasteiger partial charge < -0.3 is 20.1 Å². The van der Waals surface area contributed by atoms with Crippen molar-refractivity contribution in [3.05, 3.63) is 48.0 Å². The predicted molar refractivity (Wildman–Crippen MR) is 116 cm³/mol. The van der Waals surface area contributed by atoms with E-state index in [1.54, 1.807) is 11.6 Å². The number of amides is 1. The summed E-state index contributed by atoms with van der Waals surface area (Å²) in [5.74, 6) is 0.814. The lowest BCUT2D eigenvalue weighted by Crippen LogP contribution is -2.33. The summed E-state index contributed by atoms with van der Waals surface area (Å²) in [6.07, 6.45) is 7.77. The number of pyridine rings is 1. The van der Waals surface area contributed by atoms with Crippen LogP contribution in [0.1, 0.15) is 50.3 Å². The van der Waals surface area contributed by atoms with Gasteiger partial charge in [0, 0.05) is 31.7 Å². The molecule has 0 radical (unpaired) electrons. The van der Waals surface area contributed by atoms with Crippen LogP contribution in [-0.4, -0.2) is 44.9 Å². The lowest BCUT2D eigenvalue weighted by atomic mass is 10.0. The molecule has 1 aliphatic carbocycles. The van der Waals surface area contributed by atoms with Gasteiger partial charge in [-0.15, -0.1) is 0 Å². The molecule has 0 aromatic carbocycles. The number of nitrogens with zero attached hydrogens (tertiary/aromatic N) is 4. The minimum atomic E-state index is -0.348. The van der Waals surface area contributed by atoms with Gasteiger partial charge in [-0.05, 0) is 62.8 Å². The van der Waals surface area contributed by atoms with Crippen molar-refractivity contribution in [2.24, 2.45) is 0 Å². The number of hydrogen-bond acceptors (Lipinski definition) is 7. The van der Waals surface area contributed by atoms with Crippen molar-refractivity contribution in [3.8, 4) is 0 Å². The molecule has 1 amide bonds. The molecule has 0 spiro atoms. The van der Waals surface area contributed by atoms with E-state index in [0.717, 1.165) is 41.7 Å². The summed E-state index contributed by atoms with van der Waals surface area (Å²) in [4.78, 5) is 20.8. The summed E-state index contributed by atoms with van der Waals surface area (Å²) < 4.78 is 12.5. The zero-order valence-electron chi connectivity index (χ0n) is 18.0. The number of alkyl carbamates (subject to hydrolysis) is 1. The van der Waals surface area contributed by atoms with E-state index >= 15 is 0 Å². The van der Waals surface area contributed by atoms with E-state index < -0.39 is 0 Å². The number of fused-ring (bicyclic) bond motifs is 1. The molecule has 0 saturated heterocycles. The number of aromatic nitrogens is 4.